The zero-order chi connectivity index (χ0) is 14.5. The molecule has 1 aliphatic carbocycles. The van der Waals surface area contributed by atoms with Crippen molar-refractivity contribution in [2.45, 2.75) is 45.1 Å². The highest BCUT2D eigenvalue weighted by Gasteiger charge is 2.25. The summed E-state index contributed by atoms with van der Waals surface area (Å²) in [4.78, 5) is 12.4. The first kappa shape index (κ1) is 15.0. The van der Waals surface area contributed by atoms with Gasteiger partial charge in [0.15, 0.2) is 0 Å². The monoisotopic (exact) mass is 290 g/mol. The summed E-state index contributed by atoms with van der Waals surface area (Å²) in [5.74, 6) is 0.936. The van der Waals surface area contributed by atoms with E-state index in [1.165, 1.54) is 12.8 Å². The summed E-state index contributed by atoms with van der Waals surface area (Å²) in [7, 11) is 0. The lowest BCUT2D eigenvalue weighted by molar-refractivity contribution is -0.121. The highest BCUT2D eigenvalue weighted by Crippen LogP contribution is 2.34. The van der Waals surface area contributed by atoms with Gasteiger partial charge in [-0.05, 0) is 24.3 Å². The molecule has 108 valence electrons. The maximum Gasteiger partial charge on any atom is 0.224 e. The molecule has 1 atom stereocenters. The maximum absolute atomic E-state index is 12.0. The van der Waals surface area contributed by atoms with E-state index in [0.29, 0.717) is 17.5 Å². The van der Waals surface area contributed by atoms with Crippen LogP contribution in [0.3, 0.4) is 0 Å². The Morgan fingerprint density at radius 2 is 2.05 bits per heavy atom. The molecular formula is C16H22N2OS. The summed E-state index contributed by atoms with van der Waals surface area (Å²) < 4.78 is 0. The lowest BCUT2D eigenvalue weighted by Crippen LogP contribution is -2.35. The summed E-state index contributed by atoms with van der Waals surface area (Å²) in [6.07, 6.45) is 5.20. The molecule has 0 bridgehead atoms. The lowest BCUT2D eigenvalue weighted by atomic mass is 10.1. The highest BCUT2D eigenvalue weighted by molar-refractivity contribution is 7.80. The predicted molar refractivity (Wildman–Crippen MR) is 85.6 cm³/mol. The first-order valence-electron chi connectivity index (χ1n) is 7.26. The molecule has 1 aliphatic rings. The largest absolute Gasteiger partial charge is 0.389 e. The fourth-order valence-corrected chi connectivity index (χ4v) is 2.47. The van der Waals surface area contributed by atoms with Crippen molar-refractivity contribution in [3.8, 4) is 0 Å². The average molecular weight is 290 g/mol. The Hall–Kier alpha value is -1.42. The molecule has 0 saturated heterocycles. The van der Waals surface area contributed by atoms with Gasteiger partial charge in [-0.25, -0.2) is 0 Å². The third-order valence-electron chi connectivity index (χ3n) is 3.78. The molecule has 0 spiro atoms. The molecule has 0 aromatic heterocycles. The van der Waals surface area contributed by atoms with Crippen molar-refractivity contribution in [2.75, 3.05) is 0 Å². The Labute approximate surface area is 125 Å². The molecule has 1 amide bonds. The van der Waals surface area contributed by atoms with Crippen molar-refractivity contribution in [2.24, 2.45) is 11.7 Å². The quantitative estimate of drug-likeness (QED) is 0.759. The Kier molecular flexibility index (Phi) is 5.12. The van der Waals surface area contributed by atoms with E-state index in [1.807, 2.05) is 24.3 Å². The van der Waals surface area contributed by atoms with Crippen LogP contribution in [0.2, 0.25) is 0 Å². The highest BCUT2D eigenvalue weighted by atomic mass is 32.1. The SMILES string of the molecule is CCC(CC1CC1)NC(=O)Cc1ccc(C(N)=S)cc1. The Bertz CT molecular complexity index is 480. The number of amides is 1. The van der Waals surface area contributed by atoms with Gasteiger partial charge in [0.2, 0.25) is 5.91 Å². The van der Waals surface area contributed by atoms with Gasteiger partial charge in [-0.3, -0.25) is 4.79 Å². The minimum Gasteiger partial charge on any atom is -0.389 e. The zero-order valence-electron chi connectivity index (χ0n) is 11.9. The minimum absolute atomic E-state index is 0.0978. The van der Waals surface area contributed by atoms with Crippen LogP contribution in [-0.4, -0.2) is 16.9 Å². The van der Waals surface area contributed by atoms with Crippen LogP contribution in [0.15, 0.2) is 24.3 Å². The van der Waals surface area contributed by atoms with Crippen LogP contribution in [0.5, 0.6) is 0 Å². The average Bonchev–Trinajstić information content (AvgIpc) is 3.22. The van der Waals surface area contributed by atoms with Crippen molar-refractivity contribution < 1.29 is 4.79 Å². The summed E-state index contributed by atoms with van der Waals surface area (Å²) in [5.41, 5.74) is 7.38. The fourth-order valence-electron chi connectivity index (χ4n) is 2.33. The molecule has 2 rings (SSSR count). The second-order valence-electron chi connectivity index (χ2n) is 5.59. The zero-order valence-corrected chi connectivity index (χ0v) is 12.7. The summed E-state index contributed by atoms with van der Waals surface area (Å²) in [6, 6.07) is 7.89. The Morgan fingerprint density at radius 3 is 2.55 bits per heavy atom. The van der Waals surface area contributed by atoms with Gasteiger partial charge in [-0.2, -0.15) is 0 Å². The van der Waals surface area contributed by atoms with Gasteiger partial charge in [-0.1, -0.05) is 56.2 Å². The van der Waals surface area contributed by atoms with E-state index >= 15 is 0 Å². The molecule has 0 aliphatic heterocycles. The third-order valence-corrected chi connectivity index (χ3v) is 4.01. The second-order valence-corrected chi connectivity index (χ2v) is 6.03. The smallest absolute Gasteiger partial charge is 0.224 e. The van der Waals surface area contributed by atoms with E-state index in [1.54, 1.807) is 0 Å². The summed E-state index contributed by atoms with van der Waals surface area (Å²) >= 11 is 4.91. The first-order valence-corrected chi connectivity index (χ1v) is 7.67. The van der Waals surface area contributed by atoms with Crippen LogP contribution in [0, 0.1) is 5.92 Å². The second kappa shape index (κ2) is 6.84. The predicted octanol–water partition coefficient (Wildman–Crippen LogP) is 2.56. The fraction of sp³-hybridized carbons (Fsp3) is 0.500. The molecule has 1 aromatic rings. The van der Waals surface area contributed by atoms with Crippen LogP contribution in [0.4, 0.5) is 0 Å². The summed E-state index contributed by atoms with van der Waals surface area (Å²) in [5, 5.41) is 3.13. The standard InChI is InChI=1S/C16H22N2OS/c1-2-14(9-11-3-4-11)18-15(19)10-12-5-7-13(8-6-12)16(17)20/h5-8,11,14H,2-4,9-10H2,1H3,(H2,17,20)(H,18,19). The van der Waals surface area contributed by atoms with Crippen LogP contribution in [0.1, 0.15) is 43.7 Å². The van der Waals surface area contributed by atoms with Gasteiger partial charge >= 0.3 is 0 Å². The van der Waals surface area contributed by atoms with Gasteiger partial charge in [0.1, 0.15) is 4.99 Å². The van der Waals surface area contributed by atoms with E-state index in [-0.39, 0.29) is 5.91 Å². The molecule has 3 N–H and O–H groups in total. The Balaban J connectivity index is 1.84. The molecular weight excluding hydrogens is 268 g/mol. The molecule has 0 heterocycles. The maximum atomic E-state index is 12.0. The number of hydrogen-bond donors (Lipinski definition) is 2. The lowest BCUT2D eigenvalue weighted by Gasteiger charge is -2.16. The topological polar surface area (TPSA) is 55.1 Å². The molecule has 1 fully saturated rings. The third kappa shape index (κ3) is 4.60. The van der Waals surface area contributed by atoms with Crippen molar-refractivity contribution in [1.82, 2.24) is 5.32 Å². The van der Waals surface area contributed by atoms with Gasteiger partial charge in [0.05, 0.1) is 6.42 Å². The minimum atomic E-state index is 0.0978. The number of thiocarbonyl (C=S) groups is 1. The molecule has 4 heteroatoms. The number of carbonyl (C=O) groups excluding carboxylic acids is 1. The molecule has 1 unspecified atom stereocenters. The van der Waals surface area contributed by atoms with Gasteiger partial charge < -0.3 is 11.1 Å². The van der Waals surface area contributed by atoms with E-state index < -0.39 is 0 Å². The molecule has 20 heavy (non-hydrogen) atoms. The summed E-state index contributed by atoms with van der Waals surface area (Å²) in [6.45, 7) is 2.13. The first-order chi connectivity index (χ1) is 9.58. The van der Waals surface area contributed by atoms with E-state index in [2.05, 4.69) is 12.2 Å². The Morgan fingerprint density at radius 1 is 1.40 bits per heavy atom. The van der Waals surface area contributed by atoms with Gasteiger partial charge in [0, 0.05) is 11.6 Å². The van der Waals surface area contributed by atoms with Crippen molar-refractivity contribution in [3.05, 3.63) is 35.4 Å². The normalized spacial score (nSPS) is 15.7. The van der Waals surface area contributed by atoms with Crippen LogP contribution >= 0.6 is 12.2 Å². The molecule has 3 nitrogen and oxygen atoms in total. The number of nitrogens with one attached hydrogen (secondary N) is 1. The van der Waals surface area contributed by atoms with Gasteiger partial charge in [-0.15, -0.1) is 0 Å². The molecule has 0 radical (unpaired) electrons. The number of rotatable bonds is 7. The van der Waals surface area contributed by atoms with Gasteiger partial charge in [0.25, 0.3) is 0 Å². The van der Waals surface area contributed by atoms with E-state index in [4.69, 9.17) is 18.0 Å². The molecule has 1 aromatic carbocycles. The van der Waals surface area contributed by atoms with Crippen LogP contribution in [0.25, 0.3) is 0 Å². The number of nitrogens with two attached hydrogens (primary N) is 1. The number of hydrogen-bond acceptors (Lipinski definition) is 2. The van der Waals surface area contributed by atoms with Crippen molar-refractivity contribution >= 4 is 23.1 Å². The van der Waals surface area contributed by atoms with Crippen molar-refractivity contribution in [3.63, 3.8) is 0 Å². The molecule has 1 saturated carbocycles. The van der Waals surface area contributed by atoms with E-state index in [9.17, 15) is 4.79 Å². The number of benzene rings is 1. The van der Waals surface area contributed by atoms with Crippen LogP contribution < -0.4 is 11.1 Å². The van der Waals surface area contributed by atoms with Crippen molar-refractivity contribution in [1.29, 1.82) is 0 Å². The number of carbonyl (C=O) groups is 1. The van der Waals surface area contributed by atoms with Crippen LogP contribution in [-0.2, 0) is 11.2 Å². The van der Waals surface area contributed by atoms with E-state index in [0.717, 1.165) is 29.9 Å².